The van der Waals surface area contributed by atoms with Crippen molar-refractivity contribution < 1.29 is 14.7 Å². The quantitative estimate of drug-likeness (QED) is 0.843. The number of carbonyl (C=O) groups is 2. The second-order valence-corrected chi connectivity index (χ2v) is 5.50. The Kier molecular flexibility index (Phi) is 5.36. The molecular weight excluding hydrogens is 266 g/mol. The van der Waals surface area contributed by atoms with Gasteiger partial charge in [-0.15, -0.1) is 0 Å². The van der Waals surface area contributed by atoms with Gasteiger partial charge < -0.3 is 10.4 Å². The van der Waals surface area contributed by atoms with Crippen LogP contribution >= 0.6 is 11.6 Å². The molecule has 0 saturated heterocycles. The molecule has 0 spiro atoms. The van der Waals surface area contributed by atoms with E-state index in [0.717, 1.165) is 5.56 Å². The lowest BCUT2D eigenvalue weighted by atomic mass is 10.00. The number of halogens is 1. The maximum absolute atomic E-state index is 11.8. The van der Waals surface area contributed by atoms with E-state index >= 15 is 0 Å². The van der Waals surface area contributed by atoms with Crippen LogP contribution in [-0.4, -0.2) is 22.5 Å². The number of benzene rings is 1. The lowest BCUT2D eigenvalue weighted by molar-refractivity contribution is -0.138. The predicted molar refractivity (Wildman–Crippen MR) is 74.2 cm³/mol. The van der Waals surface area contributed by atoms with Crippen LogP contribution in [0.5, 0.6) is 0 Å². The molecule has 1 rings (SSSR count). The summed E-state index contributed by atoms with van der Waals surface area (Å²) in [7, 11) is 0. The zero-order valence-electron chi connectivity index (χ0n) is 11.1. The number of aryl methyl sites for hydroxylation is 1. The lowest BCUT2D eigenvalue weighted by Gasteiger charge is -2.24. The maximum Gasteiger partial charge on any atom is 0.305 e. The fourth-order valence-electron chi connectivity index (χ4n) is 1.81. The summed E-state index contributed by atoms with van der Waals surface area (Å²) in [5.74, 6) is -1.11. The van der Waals surface area contributed by atoms with Crippen LogP contribution in [0, 0.1) is 0 Å². The largest absolute Gasteiger partial charge is 0.481 e. The molecule has 19 heavy (non-hydrogen) atoms. The first kappa shape index (κ1) is 15.5. The number of rotatable bonds is 6. The SMILES string of the molecule is CC(C)(CC(=O)O)NC(=O)CCc1ccccc1Cl. The number of amides is 1. The highest BCUT2D eigenvalue weighted by Crippen LogP contribution is 2.17. The summed E-state index contributed by atoms with van der Waals surface area (Å²) in [6.07, 6.45) is 0.715. The molecule has 2 N–H and O–H groups in total. The first-order valence-electron chi connectivity index (χ1n) is 6.06. The molecule has 0 radical (unpaired) electrons. The van der Waals surface area contributed by atoms with E-state index < -0.39 is 11.5 Å². The number of carbonyl (C=O) groups excluding carboxylic acids is 1. The highest BCUT2D eigenvalue weighted by Gasteiger charge is 2.23. The van der Waals surface area contributed by atoms with Crippen molar-refractivity contribution in [3.63, 3.8) is 0 Å². The summed E-state index contributed by atoms with van der Waals surface area (Å²) in [4.78, 5) is 22.4. The van der Waals surface area contributed by atoms with Crippen LogP contribution in [0.2, 0.25) is 5.02 Å². The van der Waals surface area contributed by atoms with Crippen LogP contribution in [0.15, 0.2) is 24.3 Å². The first-order valence-corrected chi connectivity index (χ1v) is 6.44. The molecule has 0 fully saturated rings. The van der Waals surface area contributed by atoms with Gasteiger partial charge >= 0.3 is 5.97 Å². The molecule has 1 aromatic carbocycles. The second kappa shape index (κ2) is 6.57. The summed E-state index contributed by atoms with van der Waals surface area (Å²) in [5, 5.41) is 12.1. The Bertz CT molecular complexity index is 472. The normalized spacial score (nSPS) is 11.1. The van der Waals surface area contributed by atoms with Crippen molar-refractivity contribution >= 4 is 23.5 Å². The van der Waals surface area contributed by atoms with Crippen molar-refractivity contribution in [2.45, 2.75) is 38.6 Å². The third kappa shape index (κ3) is 5.75. The van der Waals surface area contributed by atoms with E-state index in [4.69, 9.17) is 16.7 Å². The van der Waals surface area contributed by atoms with Crippen molar-refractivity contribution in [2.75, 3.05) is 0 Å². The van der Waals surface area contributed by atoms with Crippen molar-refractivity contribution in [3.05, 3.63) is 34.9 Å². The van der Waals surface area contributed by atoms with Gasteiger partial charge in [-0.05, 0) is 31.9 Å². The summed E-state index contributed by atoms with van der Waals surface area (Å²) in [5.41, 5.74) is 0.166. The highest BCUT2D eigenvalue weighted by molar-refractivity contribution is 6.31. The molecule has 0 aliphatic heterocycles. The highest BCUT2D eigenvalue weighted by atomic mass is 35.5. The number of carboxylic acids is 1. The van der Waals surface area contributed by atoms with E-state index in [0.29, 0.717) is 11.4 Å². The zero-order valence-corrected chi connectivity index (χ0v) is 11.8. The van der Waals surface area contributed by atoms with Crippen LogP contribution in [0.25, 0.3) is 0 Å². The Morgan fingerprint density at radius 3 is 2.53 bits per heavy atom. The minimum atomic E-state index is -0.934. The van der Waals surface area contributed by atoms with E-state index in [2.05, 4.69) is 5.32 Å². The van der Waals surface area contributed by atoms with Gasteiger partial charge in [0.05, 0.1) is 6.42 Å². The minimum absolute atomic E-state index is 0.106. The molecule has 0 aliphatic rings. The molecule has 0 aromatic heterocycles. The van der Waals surface area contributed by atoms with E-state index in [1.165, 1.54) is 0 Å². The third-order valence-corrected chi connectivity index (χ3v) is 3.02. The Balaban J connectivity index is 2.48. The number of carboxylic acid groups (broad SMARTS) is 1. The molecular formula is C14H18ClNO3. The van der Waals surface area contributed by atoms with E-state index in [9.17, 15) is 9.59 Å². The van der Waals surface area contributed by atoms with Gasteiger partial charge in [-0.1, -0.05) is 29.8 Å². The maximum atomic E-state index is 11.8. The molecule has 0 aliphatic carbocycles. The number of hydrogen-bond donors (Lipinski definition) is 2. The van der Waals surface area contributed by atoms with Crippen molar-refractivity contribution in [1.29, 1.82) is 0 Å². The van der Waals surface area contributed by atoms with Crippen molar-refractivity contribution in [3.8, 4) is 0 Å². The molecule has 0 heterocycles. The zero-order chi connectivity index (χ0) is 14.5. The molecule has 1 amide bonds. The van der Waals surface area contributed by atoms with Crippen LogP contribution in [-0.2, 0) is 16.0 Å². The Morgan fingerprint density at radius 1 is 1.32 bits per heavy atom. The topological polar surface area (TPSA) is 66.4 Å². The monoisotopic (exact) mass is 283 g/mol. The fraction of sp³-hybridized carbons (Fsp3) is 0.429. The lowest BCUT2D eigenvalue weighted by Crippen LogP contribution is -2.45. The number of aliphatic carboxylic acids is 1. The van der Waals surface area contributed by atoms with Crippen LogP contribution in [0.1, 0.15) is 32.3 Å². The fourth-order valence-corrected chi connectivity index (χ4v) is 2.04. The van der Waals surface area contributed by atoms with E-state index in [-0.39, 0.29) is 18.7 Å². The summed E-state index contributed by atoms with van der Waals surface area (Å²) in [6.45, 7) is 3.38. The van der Waals surface area contributed by atoms with Gasteiger partial charge in [-0.3, -0.25) is 9.59 Å². The van der Waals surface area contributed by atoms with Crippen LogP contribution in [0.3, 0.4) is 0 Å². The van der Waals surface area contributed by atoms with Gasteiger partial charge in [-0.2, -0.15) is 0 Å². The molecule has 0 saturated carbocycles. The van der Waals surface area contributed by atoms with Crippen LogP contribution < -0.4 is 5.32 Å². The average molecular weight is 284 g/mol. The first-order chi connectivity index (χ1) is 8.80. The van der Waals surface area contributed by atoms with Gasteiger partial charge in [0, 0.05) is 17.0 Å². The van der Waals surface area contributed by atoms with Crippen LogP contribution in [0.4, 0.5) is 0 Å². The molecule has 1 aromatic rings. The molecule has 0 bridgehead atoms. The third-order valence-electron chi connectivity index (χ3n) is 2.65. The van der Waals surface area contributed by atoms with Crippen molar-refractivity contribution in [1.82, 2.24) is 5.32 Å². The number of hydrogen-bond acceptors (Lipinski definition) is 2. The number of nitrogens with one attached hydrogen (secondary N) is 1. The van der Waals surface area contributed by atoms with Gasteiger partial charge in [-0.25, -0.2) is 0 Å². The Labute approximate surface area is 117 Å². The second-order valence-electron chi connectivity index (χ2n) is 5.09. The van der Waals surface area contributed by atoms with Crippen molar-refractivity contribution in [2.24, 2.45) is 0 Å². The van der Waals surface area contributed by atoms with Gasteiger partial charge in [0.25, 0.3) is 0 Å². The van der Waals surface area contributed by atoms with Gasteiger partial charge in [0.1, 0.15) is 0 Å². The molecule has 104 valence electrons. The molecule has 0 unspecified atom stereocenters. The minimum Gasteiger partial charge on any atom is -0.481 e. The Hall–Kier alpha value is -1.55. The standard InChI is InChI=1S/C14H18ClNO3/c1-14(2,9-13(18)19)16-12(17)8-7-10-5-3-4-6-11(10)15/h3-6H,7-9H2,1-2H3,(H,16,17)(H,18,19). The summed E-state index contributed by atoms with van der Waals surface area (Å²) >= 11 is 6.00. The molecule has 0 atom stereocenters. The summed E-state index contributed by atoms with van der Waals surface area (Å²) < 4.78 is 0. The molecule has 5 heteroatoms. The van der Waals surface area contributed by atoms with Gasteiger partial charge in [0.2, 0.25) is 5.91 Å². The van der Waals surface area contributed by atoms with Gasteiger partial charge in [0.15, 0.2) is 0 Å². The van der Waals surface area contributed by atoms with E-state index in [1.807, 2.05) is 18.2 Å². The predicted octanol–water partition coefficient (Wildman–Crippen LogP) is 2.64. The smallest absolute Gasteiger partial charge is 0.305 e. The molecule has 4 nitrogen and oxygen atoms in total. The Morgan fingerprint density at radius 2 is 1.95 bits per heavy atom. The average Bonchev–Trinajstić information content (AvgIpc) is 2.25. The van der Waals surface area contributed by atoms with E-state index in [1.54, 1.807) is 19.9 Å². The summed E-state index contributed by atoms with van der Waals surface area (Å²) in [6, 6.07) is 7.36.